The van der Waals surface area contributed by atoms with Crippen molar-refractivity contribution in [2.24, 2.45) is 5.73 Å². The Labute approximate surface area is 70.0 Å². The van der Waals surface area contributed by atoms with E-state index in [1.165, 1.54) is 6.92 Å². The Balaban J connectivity index is 3.05. The second kappa shape index (κ2) is 2.64. The fourth-order valence-corrected chi connectivity index (χ4v) is 0.819. The Morgan fingerprint density at radius 1 is 1.67 bits per heavy atom. The van der Waals surface area contributed by atoms with Crippen molar-refractivity contribution < 1.29 is 14.3 Å². The summed E-state index contributed by atoms with van der Waals surface area (Å²) >= 11 is 0. The minimum absolute atomic E-state index is 0.271. The van der Waals surface area contributed by atoms with Gasteiger partial charge in [-0.1, -0.05) is 0 Å². The molecule has 0 radical (unpaired) electrons. The van der Waals surface area contributed by atoms with Crippen LogP contribution in [0.3, 0.4) is 0 Å². The van der Waals surface area contributed by atoms with Gasteiger partial charge >= 0.3 is 5.97 Å². The highest BCUT2D eigenvalue weighted by Gasteiger charge is 2.33. The van der Waals surface area contributed by atoms with Crippen LogP contribution in [0.25, 0.3) is 0 Å². The van der Waals surface area contributed by atoms with Crippen molar-refractivity contribution in [1.29, 1.82) is 0 Å². The van der Waals surface area contributed by atoms with Gasteiger partial charge in [0.05, 0.1) is 0 Å². The van der Waals surface area contributed by atoms with Crippen molar-refractivity contribution in [2.75, 3.05) is 0 Å². The lowest BCUT2D eigenvalue weighted by molar-refractivity contribution is -0.143. The standard InChI is InChI=1S/C8H11NO3/c1-5-3-4-6(12-5)8(2,9)7(10)11/h3-4H,9H2,1-2H3,(H,10,11)/t8-/m0/s1. The number of hydrogen-bond donors (Lipinski definition) is 2. The van der Waals surface area contributed by atoms with Gasteiger partial charge in [-0.3, -0.25) is 0 Å². The molecule has 66 valence electrons. The molecular weight excluding hydrogens is 158 g/mol. The van der Waals surface area contributed by atoms with E-state index in [4.69, 9.17) is 15.3 Å². The van der Waals surface area contributed by atoms with E-state index in [0.717, 1.165) is 0 Å². The highest BCUT2D eigenvalue weighted by Crippen LogP contribution is 2.20. The molecule has 0 aromatic carbocycles. The smallest absolute Gasteiger partial charge is 0.331 e. The quantitative estimate of drug-likeness (QED) is 0.688. The monoisotopic (exact) mass is 169 g/mol. The lowest BCUT2D eigenvalue weighted by Crippen LogP contribution is -2.41. The molecular formula is C8H11NO3. The Kier molecular flexibility index (Phi) is 1.94. The van der Waals surface area contributed by atoms with Crippen molar-refractivity contribution in [2.45, 2.75) is 19.4 Å². The zero-order valence-electron chi connectivity index (χ0n) is 7.00. The van der Waals surface area contributed by atoms with E-state index < -0.39 is 11.5 Å². The van der Waals surface area contributed by atoms with Gasteiger partial charge < -0.3 is 15.3 Å². The van der Waals surface area contributed by atoms with Crippen molar-refractivity contribution >= 4 is 5.97 Å². The number of rotatable bonds is 2. The Hall–Kier alpha value is -1.29. The molecule has 0 saturated carbocycles. The summed E-state index contributed by atoms with van der Waals surface area (Å²) in [5.41, 5.74) is 4.06. The first-order chi connectivity index (χ1) is 5.44. The SMILES string of the molecule is Cc1ccc([C@](C)(N)C(=O)O)o1. The van der Waals surface area contributed by atoms with Crippen LogP contribution in [0.1, 0.15) is 18.4 Å². The molecule has 12 heavy (non-hydrogen) atoms. The molecule has 0 bridgehead atoms. The maximum atomic E-state index is 10.6. The van der Waals surface area contributed by atoms with Gasteiger partial charge in [0.15, 0.2) is 5.54 Å². The summed E-state index contributed by atoms with van der Waals surface area (Å²) < 4.78 is 5.10. The van der Waals surface area contributed by atoms with E-state index in [1.807, 2.05) is 0 Å². The molecule has 1 heterocycles. The third kappa shape index (κ3) is 1.33. The van der Waals surface area contributed by atoms with Crippen LogP contribution in [0.5, 0.6) is 0 Å². The first-order valence-corrected chi connectivity index (χ1v) is 3.54. The van der Waals surface area contributed by atoms with Crippen molar-refractivity contribution in [3.05, 3.63) is 23.7 Å². The number of aliphatic carboxylic acids is 1. The summed E-state index contributed by atoms with van der Waals surface area (Å²) in [6.45, 7) is 3.13. The number of carboxylic acid groups (broad SMARTS) is 1. The molecule has 4 nitrogen and oxygen atoms in total. The Bertz CT molecular complexity index is 301. The zero-order valence-corrected chi connectivity index (χ0v) is 7.00. The van der Waals surface area contributed by atoms with Crippen LogP contribution in [0.4, 0.5) is 0 Å². The maximum absolute atomic E-state index is 10.6. The number of hydrogen-bond acceptors (Lipinski definition) is 3. The van der Waals surface area contributed by atoms with Crippen molar-refractivity contribution in [1.82, 2.24) is 0 Å². The molecule has 1 aromatic heterocycles. The van der Waals surface area contributed by atoms with Crippen LogP contribution < -0.4 is 5.73 Å². The summed E-state index contributed by atoms with van der Waals surface area (Å²) in [5, 5.41) is 8.72. The summed E-state index contributed by atoms with van der Waals surface area (Å²) in [6, 6.07) is 3.26. The molecule has 0 aliphatic carbocycles. The van der Waals surface area contributed by atoms with Gasteiger partial charge in [-0.25, -0.2) is 4.79 Å². The molecule has 1 rings (SSSR count). The fourth-order valence-electron chi connectivity index (χ4n) is 0.819. The summed E-state index contributed by atoms with van der Waals surface area (Å²) in [6.07, 6.45) is 0. The van der Waals surface area contributed by atoms with Crippen LogP contribution >= 0.6 is 0 Å². The third-order valence-corrected chi connectivity index (χ3v) is 1.70. The van der Waals surface area contributed by atoms with Crippen LogP contribution in [0.15, 0.2) is 16.5 Å². The minimum Gasteiger partial charge on any atom is -0.480 e. The number of aryl methyl sites for hydroxylation is 1. The second-order valence-electron chi connectivity index (χ2n) is 2.92. The highest BCUT2D eigenvalue weighted by molar-refractivity contribution is 5.78. The second-order valence-corrected chi connectivity index (χ2v) is 2.92. The van der Waals surface area contributed by atoms with E-state index in [2.05, 4.69) is 0 Å². The molecule has 0 unspecified atom stereocenters. The molecule has 4 heteroatoms. The third-order valence-electron chi connectivity index (χ3n) is 1.70. The van der Waals surface area contributed by atoms with Gasteiger partial charge in [0, 0.05) is 0 Å². The summed E-state index contributed by atoms with van der Waals surface area (Å²) in [5.74, 6) is -0.174. The lowest BCUT2D eigenvalue weighted by atomic mass is 10.0. The topological polar surface area (TPSA) is 76.5 Å². The predicted octanol–water partition coefficient (Wildman–Crippen LogP) is 0.847. The van der Waals surface area contributed by atoms with E-state index >= 15 is 0 Å². The average molecular weight is 169 g/mol. The summed E-state index contributed by atoms with van der Waals surface area (Å²) in [4.78, 5) is 10.6. The van der Waals surface area contributed by atoms with Crippen molar-refractivity contribution in [3.8, 4) is 0 Å². The van der Waals surface area contributed by atoms with Gasteiger partial charge in [-0.05, 0) is 26.0 Å². The molecule has 0 saturated heterocycles. The van der Waals surface area contributed by atoms with E-state index in [-0.39, 0.29) is 5.76 Å². The fraction of sp³-hybridized carbons (Fsp3) is 0.375. The Morgan fingerprint density at radius 3 is 2.58 bits per heavy atom. The molecule has 0 spiro atoms. The van der Waals surface area contributed by atoms with E-state index in [0.29, 0.717) is 5.76 Å². The largest absolute Gasteiger partial charge is 0.480 e. The Morgan fingerprint density at radius 2 is 2.25 bits per heavy atom. The maximum Gasteiger partial charge on any atom is 0.331 e. The molecule has 0 fully saturated rings. The van der Waals surface area contributed by atoms with Gasteiger partial charge in [0.2, 0.25) is 0 Å². The van der Waals surface area contributed by atoms with Gasteiger partial charge in [0.25, 0.3) is 0 Å². The van der Waals surface area contributed by atoms with Crippen LogP contribution in [0.2, 0.25) is 0 Å². The number of carboxylic acids is 1. The first kappa shape index (κ1) is 8.80. The first-order valence-electron chi connectivity index (χ1n) is 3.54. The number of furan rings is 1. The predicted molar refractivity (Wildman–Crippen MR) is 42.6 cm³/mol. The highest BCUT2D eigenvalue weighted by atomic mass is 16.4. The molecule has 1 aromatic rings. The van der Waals surface area contributed by atoms with Crippen LogP contribution in [0, 0.1) is 6.92 Å². The zero-order chi connectivity index (χ0) is 9.35. The molecule has 0 aliphatic heterocycles. The molecule has 3 N–H and O–H groups in total. The normalized spacial score (nSPS) is 15.6. The van der Waals surface area contributed by atoms with Gasteiger partial charge in [-0.15, -0.1) is 0 Å². The van der Waals surface area contributed by atoms with Crippen LogP contribution in [-0.2, 0) is 10.3 Å². The molecule has 0 amide bonds. The van der Waals surface area contributed by atoms with Crippen molar-refractivity contribution in [3.63, 3.8) is 0 Å². The summed E-state index contributed by atoms with van der Waals surface area (Å²) in [7, 11) is 0. The van der Waals surface area contributed by atoms with E-state index in [9.17, 15) is 4.79 Å². The molecule has 0 aliphatic rings. The van der Waals surface area contributed by atoms with E-state index in [1.54, 1.807) is 19.1 Å². The number of carbonyl (C=O) groups is 1. The average Bonchev–Trinajstić information content (AvgIpc) is 2.35. The minimum atomic E-state index is -1.44. The van der Waals surface area contributed by atoms with Gasteiger partial charge in [-0.2, -0.15) is 0 Å². The number of nitrogens with two attached hydrogens (primary N) is 1. The molecule has 1 atom stereocenters. The van der Waals surface area contributed by atoms with Gasteiger partial charge in [0.1, 0.15) is 11.5 Å². The lowest BCUT2D eigenvalue weighted by Gasteiger charge is -2.15. The van der Waals surface area contributed by atoms with Crippen LogP contribution in [-0.4, -0.2) is 11.1 Å².